The van der Waals surface area contributed by atoms with E-state index in [9.17, 15) is 18.0 Å². The molecule has 0 aromatic heterocycles. The standard InChI is InChI=1S/C19H24F3NO4/c1-19(2,3)27-18(24)23-11-4-5-12(23)9-14(8-11)25-13-6-7-15(20)16(10-13)26-17(21)22/h6-7,10-12,14,17H,4-5,8-9H2,1-3H3. The van der Waals surface area contributed by atoms with Crippen LogP contribution in [0.4, 0.5) is 18.0 Å². The molecule has 2 atom stereocenters. The molecule has 2 bridgehead atoms. The number of nitrogens with zero attached hydrogens (tertiary/aromatic N) is 1. The number of benzene rings is 1. The fourth-order valence-corrected chi connectivity index (χ4v) is 3.77. The molecule has 1 amide bonds. The van der Waals surface area contributed by atoms with E-state index < -0.39 is 23.8 Å². The van der Waals surface area contributed by atoms with Crippen molar-refractivity contribution in [2.45, 2.75) is 76.9 Å². The van der Waals surface area contributed by atoms with Crippen molar-refractivity contribution in [2.24, 2.45) is 0 Å². The van der Waals surface area contributed by atoms with Gasteiger partial charge in [0.1, 0.15) is 17.5 Å². The Morgan fingerprint density at radius 1 is 1.19 bits per heavy atom. The number of piperidine rings is 1. The minimum atomic E-state index is -3.11. The zero-order valence-corrected chi connectivity index (χ0v) is 15.6. The largest absolute Gasteiger partial charge is 0.490 e. The summed E-state index contributed by atoms with van der Waals surface area (Å²) in [6.07, 6.45) is 2.45. The van der Waals surface area contributed by atoms with E-state index in [0.717, 1.165) is 25.0 Å². The van der Waals surface area contributed by atoms with E-state index in [1.165, 1.54) is 6.07 Å². The molecule has 27 heavy (non-hydrogen) atoms. The third-order valence-corrected chi connectivity index (χ3v) is 4.72. The lowest BCUT2D eigenvalue weighted by Crippen LogP contribution is -2.50. The molecule has 3 rings (SSSR count). The van der Waals surface area contributed by atoms with Crippen LogP contribution in [0.15, 0.2) is 18.2 Å². The lowest BCUT2D eigenvalue weighted by atomic mass is 10.00. The van der Waals surface area contributed by atoms with Gasteiger partial charge < -0.3 is 19.1 Å². The van der Waals surface area contributed by atoms with Gasteiger partial charge in [0, 0.05) is 31.0 Å². The van der Waals surface area contributed by atoms with E-state index in [0.29, 0.717) is 12.8 Å². The highest BCUT2D eigenvalue weighted by Crippen LogP contribution is 2.38. The monoisotopic (exact) mass is 387 g/mol. The number of halogens is 3. The number of hydrogen-bond acceptors (Lipinski definition) is 4. The molecular weight excluding hydrogens is 363 g/mol. The predicted octanol–water partition coefficient (Wildman–Crippen LogP) is 4.74. The van der Waals surface area contributed by atoms with Crippen LogP contribution in [0.1, 0.15) is 46.5 Å². The number of ether oxygens (including phenoxy) is 3. The Balaban J connectivity index is 1.64. The van der Waals surface area contributed by atoms with Gasteiger partial charge in [0.25, 0.3) is 0 Å². The molecule has 2 fully saturated rings. The molecule has 1 aromatic rings. The fraction of sp³-hybridized carbons (Fsp3) is 0.632. The van der Waals surface area contributed by atoms with Gasteiger partial charge in [-0.2, -0.15) is 8.78 Å². The number of hydrogen-bond donors (Lipinski definition) is 0. The number of carbonyl (C=O) groups excluding carboxylic acids is 1. The lowest BCUT2D eigenvalue weighted by Gasteiger charge is -2.39. The van der Waals surface area contributed by atoms with E-state index in [1.807, 2.05) is 20.8 Å². The predicted molar refractivity (Wildman–Crippen MR) is 91.6 cm³/mol. The van der Waals surface area contributed by atoms with Crippen molar-refractivity contribution in [3.8, 4) is 11.5 Å². The number of carbonyl (C=O) groups is 1. The highest BCUT2D eigenvalue weighted by atomic mass is 19.3. The molecule has 0 saturated carbocycles. The van der Waals surface area contributed by atoms with Gasteiger partial charge in [-0.05, 0) is 45.7 Å². The summed E-state index contributed by atoms with van der Waals surface area (Å²) in [6, 6.07) is 3.58. The minimum absolute atomic E-state index is 0.0147. The van der Waals surface area contributed by atoms with Gasteiger partial charge in [-0.3, -0.25) is 0 Å². The molecule has 2 aliphatic heterocycles. The van der Waals surface area contributed by atoms with Crippen molar-refractivity contribution in [3.63, 3.8) is 0 Å². The quantitative estimate of drug-likeness (QED) is 0.749. The summed E-state index contributed by atoms with van der Waals surface area (Å²) in [5.41, 5.74) is -0.556. The second-order valence-electron chi connectivity index (χ2n) is 7.95. The maximum absolute atomic E-state index is 13.5. The topological polar surface area (TPSA) is 48.0 Å². The zero-order valence-electron chi connectivity index (χ0n) is 15.6. The zero-order chi connectivity index (χ0) is 19.8. The van der Waals surface area contributed by atoms with E-state index in [1.54, 1.807) is 4.90 Å². The van der Waals surface area contributed by atoms with E-state index in [-0.39, 0.29) is 30.0 Å². The van der Waals surface area contributed by atoms with Crippen molar-refractivity contribution in [1.82, 2.24) is 4.90 Å². The third-order valence-electron chi connectivity index (χ3n) is 4.72. The first-order chi connectivity index (χ1) is 12.6. The van der Waals surface area contributed by atoms with Gasteiger partial charge in [-0.15, -0.1) is 0 Å². The second-order valence-corrected chi connectivity index (χ2v) is 7.95. The van der Waals surface area contributed by atoms with Gasteiger partial charge >= 0.3 is 12.7 Å². The maximum Gasteiger partial charge on any atom is 0.410 e. The molecule has 8 heteroatoms. The van der Waals surface area contributed by atoms with Crippen LogP contribution in [0.2, 0.25) is 0 Å². The lowest BCUT2D eigenvalue weighted by molar-refractivity contribution is -0.0523. The van der Waals surface area contributed by atoms with Crippen LogP contribution in [0.5, 0.6) is 11.5 Å². The van der Waals surface area contributed by atoms with E-state index in [2.05, 4.69) is 4.74 Å². The van der Waals surface area contributed by atoms with Crippen LogP contribution in [0, 0.1) is 5.82 Å². The minimum Gasteiger partial charge on any atom is -0.490 e. The Hall–Kier alpha value is -2.12. The number of rotatable bonds is 4. The molecule has 150 valence electrons. The maximum atomic E-state index is 13.5. The van der Waals surface area contributed by atoms with E-state index in [4.69, 9.17) is 9.47 Å². The summed E-state index contributed by atoms with van der Waals surface area (Å²) in [4.78, 5) is 14.3. The molecular formula is C19H24F3NO4. The molecule has 0 spiro atoms. The molecule has 0 aliphatic carbocycles. The normalized spacial score (nSPS) is 24.9. The van der Waals surface area contributed by atoms with Crippen LogP contribution in [0.25, 0.3) is 0 Å². The Bertz CT molecular complexity index is 678. The molecule has 2 saturated heterocycles. The van der Waals surface area contributed by atoms with Crippen molar-refractivity contribution >= 4 is 6.09 Å². The molecule has 0 N–H and O–H groups in total. The average Bonchev–Trinajstić information content (AvgIpc) is 2.80. The molecule has 2 heterocycles. The summed E-state index contributed by atoms with van der Waals surface area (Å²) < 4.78 is 53.8. The van der Waals surface area contributed by atoms with Crippen LogP contribution in [0.3, 0.4) is 0 Å². The van der Waals surface area contributed by atoms with Crippen molar-refractivity contribution in [1.29, 1.82) is 0 Å². The van der Waals surface area contributed by atoms with Crippen LogP contribution < -0.4 is 9.47 Å². The molecule has 2 aliphatic rings. The van der Waals surface area contributed by atoms with Gasteiger partial charge in [0.05, 0.1) is 0 Å². The Morgan fingerprint density at radius 3 is 2.37 bits per heavy atom. The number of amides is 1. The summed E-state index contributed by atoms with van der Waals surface area (Å²) >= 11 is 0. The van der Waals surface area contributed by atoms with Crippen molar-refractivity contribution < 1.29 is 32.2 Å². The fourth-order valence-electron chi connectivity index (χ4n) is 3.77. The SMILES string of the molecule is CC(C)(C)OC(=O)N1C2CCC1CC(Oc1ccc(F)c(OC(F)F)c1)C2. The first-order valence-electron chi connectivity index (χ1n) is 9.04. The summed E-state index contributed by atoms with van der Waals surface area (Å²) in [5.74, 6) is -1.15. The Labute approximate surface area is 156 Å². The Kier molecular flexibility index (Phi) is 5.44. The smallest absolute Gasteiger partial charge is 0.410 e. The third kappa shape index (κ3) is 4.78. The number of fused-ring (bicyclic) bond motifs is 2. The molecule has 5 nitrogen and oxygen atoms in total. The molecule has 1 aromatic carbocycles. The second kappa shape index (κ2) is 7.48. The van der Waals surface area contributed by atoms with Crippen LogP contribution >= 0.6 is 0 Å². The highest BCUT2D eigenvalue weighted by molar-refractivity contribution is 5.69. The van der Waals surface area contributed by atoms with Crippen LogP contribution in [-0.2, 0) is 4.74 Å². The Morgan fingerprint density at radius 2 is 1.81 bits per heavy atom. The first kappa shape index (κ1) is 19.6. The van der Waals surface area contributed by atoms with Gasteiger partial charge in [-0.25, -0.2) is 9.18 Å². The summed E-state index contributed by atoms with van der Waals surface area (Å²) in [6.45, 7) is 2.38. The highest BCUT2D eigenvalue weighted by Gasteiger charge is 2.45. The van der Waals surface area contributed by atoms with Crippen LogP contribution in [-0.4, -0.2) is 41.4 Å². The molecule has 0 radical (unpaired) electrons. The average molecular weight is 387 g/mol. The van der Waals surface area contributed by atoms with Gasteiger partial charge in [0.15, 0.2) is 11.6 Å². The number of alkyl halides is 2. The first-order valence-corrected chi connectivity index (χ1v) is 9.04. The molecule has 2 unspecified atom stereocenters. The summed E-state index contributed by atoms with van der Waals surface area (Å²) in [5, 5.41) is 0. The van der Waals surface area contributed by atoms with Gasteiger partial charge in [0.2, 0.25) is 0 Å². The van der Waals surface area contributed by atoms with E-state index >= 15 is 0 Å². The van der Waals surface area contributed by atoms with Gasteiger partial charge in [-0.1, -0.05) is 0 Å². The van der Waals surface area contributed by atoms with Crippen molar-refractivity contribution in [2.75, 3.05) is 0 Å². The summed E-state index contributed by atoms with van der Waals surface area (Å²) in [7, 11) is 0. The van der Waals surface area contributed by atoms with Crippen molar-refractivity contribution in [3.05, 3.63) is 24.0 Å².